The molecular formula is C17H31N3. The molecule has 114 valence electrons. The molecule has 3 atom stereocenters. The molecule has 3 heteroatoms. The quantitative estimate of drug-likeness (QED) is 0.861. The summed E-state index contributed by atoms with van der Waals surface area (Å²) in [4.78, 5) is 0. The van der Waals surface area contributed by atoms with E-state index in [2.05, 4.69) is 48.9 Å². The Morgan fingerprint density at radius 2 is 2.10 bits per heavy atom. The van der Waals surface area contributed by atoms with E-state index in [0.717, 1.165) is 30.6 Å². The zero-order chi connectivity index (χ0) is 14.5. The summed E-state index contributed by atoms with van der Waals surface area (Å²) in [5.74, 6) is 1.70. The fraction of sp³-hybridized carbons (Fsp3) is 0.824. The van der Waals surface area contributed by atoms with Crippen LogP contribution in [0, 0.1) is 18.8 Å². The molecule has 1 fully saturated rings. The summed E-state index contributed by atoms with van der Waals surface area (Å²) in [5.41, 5.74) is 2.58. The van der Waals surface area contributed by atoms with E-state index >= 15 is 0 Å². The van der Waals surface area contributed by atoms with Crippen LogP contribution < -0.4 is 5.32 Å². The van der Waals surface area contributed by atoms with E-state index in [1.54, 1.807) is 0 Å². The van der Waals surface area contributed by atoms with Crippen molar-refractivity contribution in [3.05, 3.63) is 17.5 Å². The summed E-state index contributed by atoms with van der Waals surface area (Å²) in [7, 11) is 0. The normalized spacial score (nSPS) is 26.9. The van der Waals surface area contributed by atoms with Gasteiger partial charge >= 0.3 is 0 Å². The topological polar surface area (TPSA) is 29.9 Å². The van der Waals surface area contributed by atoms with Crippen LogP contribution in [0.2, 0.25) is 0 Å². The minimum Gasteiger partial charge on any atom is -0.314 e. The molecule has 2 rings (SSSR count). The van der Waals surface area contributed by atoms with Gasteiger partial charge in [0, 0.05) is 18.3 Å². The van der Waals surface area contributed by atoms with Crippen LogP contribution in [0.15, 0.2) is 6.07 Å². The first kappa shape index (κ1) is 15.6. The Morgan fingerprint density at radius 1 is 1.30 bits per heavy atom. The number of aryl methyl sites for hydroxylation is 2. The second-order valence-electron chi connectivity index (χ2n) is 6.31. The van der Waals surface area contributed by atoms with Crippen molar-refractivity contribution < 1.29 is 0 Å². The molecule has 1 aromatic rings. The van der Waals surface area contributed by atoms with Crippen molar-refractivity contribution >= 4 is 0 Å². The van der Waals surface area contributed by atoms with Gasteiger partial charge in [-0.15, -0.1) is 0 Å². The number of aromatic nitrogens is 2. The number of hydrogen-bond donors (Lipinski definition) is 1. The Labute approximate surface area is 124 Å². The molecule has 0 amide bonds. The summed E-state index contributed by atoms with van der Waals surface area (Å²) in [6.45, 7) is 10.9. The molecule has 1 saturated carbocycles. The van der Waals surface area contributed by atoms with E-state index < -0.39 is 0 Å². The van der Waals surface area contributed by atoms with Crippen LogP contribution in [0.4, 0.5) is 0 Å². The van der Waals surface area contributed by atoms with E-state index in [-0.39, 0.29) is 0 Å². The molecule has 0 aliphatic heterocycles. The lowest BCUT2D eigenvalue weighted by atomic mass is 9.75. The van der Waals surface area contributed by atoms with E-state index in [1.807, 2.05) is 0 Å². The smallest absolute Gasteiger partial charge is 0.0596 e. The first-order valence-electron chi connectivity index (χ1n) is 8.44. The Morgan fingerprint density at radius 3 is 2.75 bits per heavy atom. The molecule has 0 aromatic carbocycles. The van der Waals surface area contributed by atoms with Crippen molar-refractivity contribution in [2.45, 2.75) is 72.4 Å². The number of hydrogen-bond acceptors (Lipinski definition) is 2. The summed E-state index contributed by atoms with van der Waals surface area (Å²) in [6.07, 6.45) is 6.64. The predicted molar refractivity (Wildman–Crippen MR) is 84.9 cm³/mol. The molecule has 0 bridgehead atoms. The number of nitrogens with zero attached hydrogens (tertiary/aromatic N) is 2. The van der Waals surface area contributed by atoms with Gasteiger partial charge in [-0.1, -0.05) is 20.3 Å². The van der Waals surface area contributed by atoms with Gasteiger partial charge in [-0.25, -0.2) is 0 Å². The Kier molecular flexibility index (Phi) is 5.64. The van der Waals surface area contributed by atoms with Crippen LogP contribution in [-0.4, -0.2) is 22.4 Å². The fourth-order valence-electron chi connectivity index (χ4n) is 3.79. The highest BCUT2D eigenvalue weighted by Crippen LogP contribution is 2.33. The molecule has 1 N–H and O–H groups in total. The molecule has 0 radical (unpaired) electrons. The maximum absolute atomic E-state index is 4.60. The van der Waals surface area contributed by atoms with Crippen molar-refractivity contribution in [3.8, 4) is 0 Å². The van der Waals surface area contributed by atoms with Crippen molar-refractivity contribution in [1.82, 2.24) is 15.1 Å². The number of nitrogens with one attached hydrogen (secondary N) is 1. The molecule has 3 unspecified atom stereocenters. The third kappa shape index (κ3) is 3.63. The summed E-state index contributed by atoms with van der Waals surface area (Å²) in [5, 5.41) is 8.32. The van der Waals surface area contributed by atoms with E-state index in [0.29, 0.717) is 6.04 Å². The van der Waals surface area contributed by atoms with E-state index in [1.165, 1.54) is 37.8 Å². The highest BCUT2D eigenvalue weighted by molar-refractivity contribution is 5.10. The lowest BCUT2D eigenvalue weighted by Crippen LogP contribution is -2.41. The summed E-state index contributed by atoms with van der Waals surface area (Å²) < 4.78 is 2.19. The molecule has 1 aromatic heterocycles. The minimum atomic E-state index is 0.698. The maximum atomic E-state index is 4.60. The first-order valence-corrected chi connectivity index (χ1v) is 8.44. The minimum absolute atomic E-state index is 0.698. The van der Waals surface area contributed by atoms with Gasteiger partial charge < -0.3 is 5.32 Å². The average molecular weight is 277 g/mol. The second-order valence-corrected chi connectivity index (χ2v) is 6.31. The molecular weight excluding hydrogens is 246 g/mol. The molecule has 1 aliphatic carbocycles. The van der Waals surface area contributed by atoms with Gasteiger partial charge in [0.15, 0.2) is 0 Å². The Balaban J connectivity index is 2.09. The van der Waals surface area contributed by atoms with Gasteiger partial charge in [-0.3, -0.25) is 4.68 Å². The predicted octanol–water partition coefficient (Wildman–Crippen LogP) is 3.56. The zero-order valence-corrected chi connectivity index (χ0v) is 13.7. The third-order valence-electron chi connectivity index (χ3n) is 4.89. The summed E-state index contributed by atoms with van der Waals surface area (Å²) >= 11 is 0. The molecule has 0 spiro atoms. The molecule has 1 aliphatic rings. The third-order valence-corrected chi connectivity index (χ3v) is 4.89. The van der Waals surface area contributed by atoms with Gasteiger partial charge in [0.25, 0.3) is 0 Å². The van der Waals surface area contributed by atoms with E-state index in [4.69, 9.17) is 0 Å². The lowest BCUT2D eigenvalue weighted by molar-refractivity contribution is 0.197. The Hall–Kier alpha value is -0.830. The van der Waals surface area contributed by atoms with Crippen LogP contribution in [-0.2, 0) is 13.0 Å². The highest BCUT2D eigenvalue weighted by Gasteiger charge is 2.30. The highest BCUT2D eigenvalue weighted by atomic mass is 15.3. The second kappa shape index (κ2) is 7.26. The van der Waals surface area contributed by atoms with Crippen molar-refractivity contribution in [2.24, 2.45) is 11.8 Å². The van der Waals surface area contributed by atoms with Crippen LogP contribution in [0.25, 0.3) is 0 Å². The zero-order valence-electron chi connectivity index (χ0n) is 13.7. The SMILES string of the molecule is CCNC1CCC(CC)CC1Cc1cc(C)nn1CC. The monoisotopic (exact) mass is 277 g/mol. The van der Waals surface area contributed by atoms with E-state index in [9.17, 15) is 0 Å². The molecule has 3 nitrogen and oxygen atoms in total. The van der Waals surface area contributed by atoms with Crippen molar-refractivity contribution in [1.29, 1.82) is 0 Å². The van der Waals surface area contributed by atoms with Crippen LogP contribution >= 0.6 is 0 Å². The van der Waals surface area contributed by atoms with Crippen molar-refractivity contribution in [3.63, 3.8) is 0 Å². The van der Waals surface area contributed by atoms with Gasteiger partial charge in [0.05, 0.1) is 5.69 Å². The van der Waals surface area contributed by atoms with Crippen LogP contribution in [0.1, 0.15) is 57.8 Å². The van der Waals surface area contributed by atoms with Gasteiger partial charge in [0.1, 0.15) is 0 Å². The standard InChI is InChI=1S/C17H31N3/c1-5-14-8-9-17(18-6-2)15(11-14)12-16-10-13(4)19-20(16)7-3/h10,14-15,17-18H,5-9,11-12H2,1-4H3. The maximum Gasteiger partial charge on any atom is 0.0596 e. The first-order chi connectivity index (χ1) is 9.67. The largest absolute Gasteiger partial charge is 0.314 e. The lowest BCUT2D eigenvalue weighted by Gasteiger charge is -2.36. The summed E-state index contributed by atoms with van der Waals surface area (Å²) in [6, 6.07) is 2.98. The van der Waals surface area contributed by atoms with Gasteiger partial charge in [0.2, 0.25) is 0 Å². The van der Waals surface area contributed by atoms with Gasteiger partial charge in [-0.05, 0) is 64.0 Å². The molecule has 20 heavy (non-hydrogen) atoms. The van der Waals surface area contributed by atoms with Gasteiger partial charge in [-0.2, -0.15) is 5.10 Å². The molecule has 1 heterocycles. The molecule has 0 saturated heterocycles. The van der Waals surface area contributed by atoms with Crippen LogP contribution in [0.3, 0.4) is 0 Å². The number of rotatable bonds is 6. The van der Waals surface area contributed by atoms with Crippen LogP contribution in [0.5, 0.6) is 0 Å². The fourth-order valence-corrected chi connectivity index (χ4v) is 3.79. The average Bonchev–Trinajstić information content (AvgIpc) is 2.81. The van der Waals surface area contributed by atoms with Crippen molar-refractivity contribution in [2.75, 3.05) is 6.54 Å². The Bertz CT molecular complexity index is 410.